The van der Waals surface area contributed by atoms with Gasteiger partial charge >= 0.3 is 5.97 Å². The highest BCUT2D eigenvalue weighted by Gasteiger charge is 2.27. The molecule has 1 aromatic rings. The molecule has 0 saturated heterocycles. The van der Waals surface area contributed by atoms with E-state index in [4.69, 9.17) is 5.11 Å². The van der Waals surface area contributed by atoms with Crippen LogP contribution in [0.2, 0.25) is 0 Å². The number of carboxylic acids is 1. The summed E-state index contributed by atoms with van der Waals surface area (Å²) < 4.78 is 27.7. The molecule has 1 aliphatic carbocycles. The second kappa shape index (κ2) is 5.55. The molecule has 0 radical (unpaired) electrons. The van der Waals surface area contributed by atoms with Gasteiger partial charge in [0.2, 0.25) is 0 Å². The van der Waals surface area contributed by atoms with Gasteiger partial charge in [0.1, 0.15) is 0 Å². The van der Waals surface area contributed by atoms with Crippen molar-refractivity contribution in [3.8, 4) is 0 Å². The van der Waals surface area contributed by atoms with E-state index in [1.807, 2.05) is 11.8 Å². The van der Waals surface area contributed by atoms with Crippen molar-refractivity contribution in [2.45, 2.75) is 26.2 Å². The number of carboxylic acid groups (broad SMARTS) is 1. The quantitative estimate of drug-likeness (QED) is 0.861. The monoisotopic (exact) mass is 269 g/mol. The molecule has 3 nitrogen and oxygen atoms in total. The third-order valence-corrected chi connectivity index (χ3v) is 3.30. The zero-order valence-corrected chi connectivity index (χ0v) is 10.8. The summed E-state index contributed by atoms with van der Waals surface area (Å²) in [6.07, 6.45) is 3.07. The van der Waals surface area contributed by atoms with Crippen LogP contribution < -0.4 is 4.90 Å². The zero-order valence-electron chi connectivity index (χ0n) is 10.8. The Morgan fingerprint density at radius 2 is 2.05 bits per heavy atom. The van der Waals surface area contributed by atoms with Crippen LogP contribution in [-0.4, -0.2) is 24.2 Å². The number of halogens is 2. The van der Waals surface area contributed by atoms with Crippen molar-refractivity contribution >= 4 is 11.7 Å². The van der Waals surface area contributed by atoms with E-state index in [2.05, 4.69) is 0 Å². The van der Waals surface area contributed by atoms with Crippen LogP contribution in [0.15, 0.2) is 12.1 Å². The first-order valence-electron chi connectivity index (χ1n) is 6.50. The van der Waals surface area contributed by atoms with Gasteiger partial charge in [-0.05, 0) is 37.3 Å². The number of benzene rings is 1. The van der Waals surface area contributed by atoms with Crippen LogP contribution >= 0.6 is 0 Å². The van der Waals surface area contributed by atoms with E-state index < -0.39 is 23.2 Å². The molecule has 1 aliphatic rings. The molecule has 2 rings (SSSR count). The molecule has 0 atom stereocenters. The van der Waals surface area contributed by atoms with Crippen molar-refractivity contribution in [2.75, 3.05) is 18.0 Å². The Hall–Kier alpha value is -1.65. The third-order valence-electron chi connectivity index (χ3n) is 3.30. The molecule has 0 amide bonds. The number of hydrogen-bond acceptors (Lipinski definition) is 2. The van der Waals surface area contributed by atoms with Gasteiger partial charge in [0.05, 0.1) is 11.3 Å². The smallest absolute Gasteiger partial charge is 0.338 e. The first kappa shape index (κ1) is 13.8. The molecule has 5 heteroatoms. The van der Waals surface area contributed by atoms with Crippen LogP contribution in [0, 0.1) is 17.6 Å². The van der Waals surface area contributed by atoms with E-state index in [-0.39, 0.29) is 5.69 Å². The van der Waals surface area contributed by atoms with Crippen LogP contribution in [0.1, 0.15) is 36.5 Å². The predicted octanol–water partition coefficient (Wildman–Crippen LogP) is 3.29. The first-order chi connectivity index (χ1) is 9.04. The highest BCUT2D eigenvalue weighted by molar-refractivity contribution is 5.88. The van der Waals surface area contributed by atoms with Crippen molar-refractivity contribution in [1.82, 2.24) is 0 Å². The Morgan fingerprint density at radius 3 is 2.58 bits per heavy atom. The minimum Gasteiger partial charge on any atom is -0.478 e. The first-order valence-corrected chi connectivity index (χ1v) is 6.50. The van der Waals surface area contributed by atoms with Gasteiger partial charge in [0, 0.05) is 13.1 Å². The Bertz CT molecular complexity index is 487. The zero-order chi connectivity index (χ0) is 14.0. The summed E-state index contributed by atoms with van der Waals surface area (Å²) in [6, 6.07) is 2.49. The molecule has 1 saturated carbocycles. The maximum absolute atomic E-state index is 14.0. The SMILES string of the molecule is CCCN(CC1CC1)c1ccc(C(=O)O)c(F)c1F. The molecule has 1 aromatic carbocycles. The van der Waals surface area contributed by atoms with E-state index in [0.29, 0.717) is 19.0 Å². The molecule has 1 N–H and O–H groups in total. The average Bonchev–Trinajstić information content (AvgIpc) is 3.15. The molecular weight excluding hydrogens is 252 g/mol. The topological polar surface area (TPSA) is 40.5 Å². The van der Waals surface area contributed by atoms with Crippen LogP contribution in [-0.2, 0) is 0 Å². The van der Waals surface area contributed by atoms with Gasteiger partial charge in [-0.3, -0.25) is 0 Å². The summed E-state index contributed by atoms with van der Waals surface area (Å²) in [4.78, 5) is 12.6. The van der Waals surface area contributed by atoms with Gasteiger partial charge in [0.25, 0.3) is 0 Å². The molecule has 0 spiro atoms. The number of aromatic carboxylic acids is 1. The van der Waals surface area contributed by atoms with Crippen molar-refractivity contribution in [3.63, 3.8) is 0 Å². The fraction of sp³-hybridized carbons (Fsp3) is 0.500. The summed E-state index contributed by atoms with van der Waals surface area (Å²) in [5.41, 5.74) is -0.458. The van der Waals surface area contributed by atoms with Gasteiger partial charge in [-0.1, -0.05) is 6.92 Å². The minimum atomic E-state index is -1.45. The minimum absolute atomic E-state index is 0.163. The number of anilines is 1. The predicted molar refractivity (Wildman–Crippen MR) is 68.5 cm³/mol. The van der Waals surface area contributed by atoms with E-state index in [1.54, 1.807) is 0 Å². The Kier molecular flexibility index (Phi) is 4.02. The fourth-order valence-electron chi connectivity index (χ4n) is 2.14. The van der Waals surface area contributed by atoms with E-state index in [1.165, 1.54) is 6.07 Å². The molecular formula is C14H17F2NO2. The molecule has 0 aromatic heterocycles. The van der Waals surface area contributed by atoms with Gasteiger partial charge in [-0.15, -0.1) is 0 Å². The molecule has 1 fully saturated rings. The second-order valence-corrected chi connectivity index (χ2v) is 4.95. The average molecular weight is 269 g/mol. The van der Waals surface area contributed by atoms with Gasteiger partial charge in [-0.25, -0.2) is 13.6 Å². The highest BCUT2D eigenvalue weighted by Crippen LogP contribution is 2.33. The number of nitrogens with zero attached hydrogens (tertiary/aromatic N) is 1. The highest BCUT2D eigenvalue weighted by atomic mass is 19.2. The Morgan fingerprint density at radius 1 is 1.37 bits per heavy atom. The largest absolute Gasteiger partial charge is 0.478 e. The second-order valence-electron chi connectivity index (χ2n) is 4.95. The Balaban J connectivity index is 2.30. The van der Waals surface area contributed by atoms with Crippen LogP contribution in [0.4, 0.5) is 14.5 Å². The number of rotatable bonds is 6. The molecule has 0 unspecified atom stereocenters. The lowest BCUT2D eigenvalue weighted by Crippen LogP contribution is -2.28. The van der Waals surface area contributed by atoms with Crippen molar-refractivity contribution in [3.05, 3.63) is 29.3 Å². The van der Waals surface area contributed by atoms with Crippen molar-refractivity contribution in [1.29, 1.82) is 0 Å². The maximum atomic E-state index is 14.0. The molecule has 19 heavy (non-hydrogen) atoms. The summed E-state index contributed by atoms with van der Waals surface area (Å²) >= 11 is 0. The lowest BCUT2D eigenvalue weighted by atomic mass is 10.1. The maximum Gasteiger partial charge on any atom is 0.338 e. The van der Waals surface area contributed by atoms with E-state index in [9.17, 15) is 13.6 Å². The molecule has 104 valence electrons. The van der Waals surface area contributed by atoms with Crippen molar-refractivity contribution in [2.24, 2.45) is 5.92 Å². The van der Waals surface area contributed by atoms with Gasteiger partial charge in [0.15, 0.2) is 11.6 Å². The molecule has 0 heterocycles. The van der Waals surface area contributed by atoms with Gasteiger partial charge < -0.3 is 10.0 Å². The number of hydrogen-bond donors (Lipinski definition) is 1. The number of carbonyl (C=O) groups is 1. The lowest BCUT2D eigenvalue weighted by molar-refractivity contribution is 0.0690. The standard InChI is InChI=1S/C14H17F2NO2/c1-2-7-17(8-9-3-4-9)11-6-5-10(14(18)19)12(15)13(11)16/h5-6,9H,2-4,7-8H2,1H3,(H,18,19). The fourth-order valence-corrected chi connectivity index (χ4v) is 2.14. The van der Waals surface area contributed by atoms with Crippen LogP contribution in [0.25, 0.3) is 0 Å². The molecule has 0 aliphatic heterocycles. The third kappa shape index (κ3) is 3.03. The van der Waals surface area contributed by atoms with E-state index >= 15 is 0 Å². The molecule has 0 bridgehead atoms. The van der Waals surface area contributed by atoms with Crippen LogP contribution in [0.5, 0.6) is 0 Å². The summed E-state index contributed by atoms with van der Waals surface area (Å²) in [5.74, 6) is -3.24. The summed E-state index contributed by atoms with van der Waals surface area (Å²) in [5, 5.41) is 8.76. The lowest BCUT2D eigenvalue weighted by Gasteiger charge is -2.25. The van der Waals surface area contributed by atoms with Crippen molar-refractivity contribution < 1.29 is 18.7 Å². The van der Waals surface area contributed by atoms with E-state index in [0.717, 1.165) is 25.3 Å². The Labute approximate surface area is 110 Å². The van der Waals surface area contributed by atoms with Crippen LogP contribution in [0.3, 0.4) is 0 Å². The summed E-state index contributed by atoms with van der Waals surface area (Å²) in [6.45, 7) is 3.32. The van der Waals surface area contributed by atoms with Gasteiger partial charge in [-0.2, -0.15) is 0 Å². The summed E-state index contributed by atoms with van der Waals surface area (Å²) in [7, 11) is 0. The normalized spacial score (nSPS) is 14.5.